The van der Waals surface area contributed by atoms with Crippen molar-refractivity contribution >= 4 is 37.9 Å². The molecule has 0 saturated heterocycles. The molecule has 0 aliphatic carbocycles. The second kappa shape index (κ2) is 3.82. The van der Waals surface area contributed by atoms with Gasteiger partial charge in [-0.2, -0.15) is 5.10 Å². The van der Waals surface area contributed by atoms with E-state index in [4.69, 9.17) is 0 Å². The van der Waals surface area contributed by atoms with Crippen LogP contribution in [0.1, 0.15) is 5.69 Å². The molecule has 0 fully saturated rings. The Kier molecular flexibility index (Phi) is 3.02. The Morgan fingerprint density at radius 2 is 2.36 bits per heavy atom. The van der Waals surface area contributed by atoms with E-state index in [2.05, 4.69) is 42.1 Å². The first-order valence-electron chi connectivity index (χ1n) is 2.76. The maximum Gasteiger partial charge on any atom is 0.215 e. The van der Waals surface area contributed by atoms with Crippen LogP contribution in [0.5, 0.6) is 0 Å². The van der Waals surface area contributed by atoms with E-state index in [-0.39, 0.29) is 5.43 Å². The monoisotopic (exact) mass is 278 g/mol. The molecule has 0 spiro atoms. The molecule has 0 saturated carbocycles. The molecule has 1 rings (SSSR count). The van der Waals surface area contributed by atoms with Crippen molar-refractivity contribution in [1.29, 1.82) is 0 Å². The van der Waals surface area contributed by atoms with Crippen molar-refractivity contribution in [2.24, 2.45) is 0 Å². The van der Waals surface area contributed by atoms with Gasteiger partial charge in [-0.15, -0.1) is 0 Å². The van der Waals surface area contributed by atoms with E-state index in [1.807, 2.05) is 0 Å². The third-order valence-electron chi connectivity index (χ3n) is 1.02. The van der Waals surface area contributed by atoms with Crippen LogP contribution < -0.4 is 5.43 Å². The molecule has 1 N–H and O–H groups in total. The van der Waals surface area contributed by atoms with Crippen LogP contribution >= 0.6 is 31.9 Å². The zero-order valence-corrected chi connectivity index (χ0v) is 8.52. The Labute approximate surface area is 79.8 Å². The summed E-state index contributed by atoms with van der Waals surface area (Å²) in [6.45, 7) is 0. The van der Waals surface area contributed by atoms with Gasteiger partial charge in [0.2, 0.25) is 5.43 Å². The second-order valence-electron chi connectivity index (χ2n) is 1.77. The summed E-state index contributed by atoms with van der Waals surface area (Å²) in [6, 6.07) is 1.45. The molecule has 0 bridgehead atoms. The Morgan fingerprint density at radius 1 is 1.64 bits per heavy atom. The average molecular weight is 280 g/mol. The molecule has 5 heteroatoms. The summed E-state index contributed by atoms with van der Waals surface area (Å²) in [4.78, 5) is 12.6. The molecule has 0 aliphatic rings. The number of nitrogens with zero attached hydrogens (tertiary/aromatic N) is 1. The lowest BCUT2D eigenvalue weighted by molar-refractivity contribution is 0.978. The minimum atomic E-state index is -0.135. The highest BCUT2D eigenvalue weighted by molar-refractivity contribution is 9.11. The van der Waals surface area contributed by atoms with E-state index in [0.717, 1.165) is 0 Å². The first-order valence-corrected chi connectivity index (χ1v) is 4.47. The zero-order chi connectivity index (χ0) is 8.27. The molecular formula is C6H4Br2N2O. The summed E-state index contributed by atoms with van der Waals surface area (Å²) in [5.41, 5.74) is 0.527. The molecule has 0 amide bonds. The normalized spacial score (nSPS) is 10.7. The second-order valence-corrected chi connectivity index (χ2v) is 3.05. The van der Waals surface area contributed by atoms with E-state index in [1.165, 1.54) is 6.07 Å². The van der Waals surface area contributed by atoms with E-state index < -0.39 is 0 Å². The van der Waals surface area contributed by atoms with Gasteiger partial charge in [-0.1, -0.05) is 15.9 Å². The van der Waals surface area contributed by atoms with Crippen molar-refractivity contribution in [3.8, 4) is 0 Å². The third-order valence-corrected chi connectivity index (χ3v) is 1.85. The van der Waals surface area contributed by atoms with Gasteiger partial charge in [-0.3, -0.25) is 9.89 Å². The standard InChI is InChI=1S/C6H4Br2N2O/c7-2-1-4-3-5(11)6(8)10-9-4/h1-3H,(H,9,11). The molecule has 0 atom stereocenters. The summed E-state index contributed by atoms with van der Waals surface area (Å²) >= 11 is 6.08. The van der Waals surface area contributed by atoms with Gasteiger partial charge in [-0.25, -0.2) is 0 Å². The number of nitrogens with one attached hydrogen (secondary N) is 1. The molecule has 1 heterocycles. The maximum atomic E-state index is 10.9. The lowest BCUT2D eigenvalue weighted by Crippen LogP contribution is -2.05. The summed E-state index contributed by atoms with van der Waals surface area (Å²) in [6.07, 6.45) is 1.70. The van der Waals surface area contributed by atoms with Crippen molar-refractivity contribution < 1.29 is 0 Å². The summed E-state index contributed by atoms with van der Waals surface area (Å²) in [7, 11) is 0. The van der Waals surface area contributed by atoms with Gasteiger partial charge in [-0.05, 0) is 27.0 Å². The third kappa shape index (κ3) is 2.27. The first-order chi connectivity index (χ1) is 5.24. The molecule has 0 aliphatic heterocycles. The van der Waals surface area contributed by atoms with Gasteiger partial charge in [0.05, 0.1) is 5.69 Å². The molecule has 3 nitrogen and oxygen atoms in total. The maximum absolute atomic E-state index is 10.9. The van der Waals surface area contributed by atoms with Gasteiger partial charge in [0.15, 0.2) is 4.60 Å². The van der Waals surface area contributed by atoms with Gasteiger partial charge in [0.25, 0.3) is 0 Å². The number of hydrogen-bond donors (Lipinski definition) is 1. The average Bonchev–Trinajstić information content (AvgIpc) is 1.98. The lowest BCUT2D eigenvalue weighted by atomic mass is 10.4. The number of H-pyrrole nitrogens is 1. The SMILES string of the molecule is O=c1cc(C=CBr)[nH]nc1Br. The van der Waals surface area contributed by atoms with E-state index in [9.17, 15) is 4.79 Å². The molecule has 1 aromatic rings. The minimum absolute atomic E-state index is 0.135. The summed E-state index contributed by atoms with van der Waals surface area (Å²) in [5.74, 6) is 0. The van der Waals surface area contributed by atoms with Gasteiger partial charge >= 0.3 is 0 Å². The number of rotatable bonds is 1. The number of halogens is 2. The quantitative estimate of drug-likeness (QED) is 0.853. The van der Waals surface area contributed by atoms with Crippen molar-refractivity contribution in [3.05, 3.63) is 31.6 Å². The van der Waals surface area contributed by atoms with Crippen molar-refractivity contribution in [3.63, 3.8) is 0 Å². The van der Waals surface area contributed by atoms with E-state index in [0.29, 0.717) is 10.3 Å². The van der Waals surface area contributed by atoms with Crippen molar-refractivity contribution in [2.45, 2.75) is 0 Å². The fraction of sp³-hybridized carbons (Fsp3) is 0. The molecule has 1 aromatic heterocycles. The van der Waals surface area contributed by atoms with Gasteiger partial charge < -0.3 is 0 Å². The molecule has 0 radical (unpaired) electrons. The summed E-state index contributed by atoms with van der Waals surface area (Å²) in [5, 5.41) is 6.37. The highest BCUT2D eigenvalue weighted by Crippen LogP contribution is 1.99. The molecule has 0 unspecified atom stereocenters. The molecular weight excluding hydrogens is 276 g/mol. The van der Waals surface area contributed by atoms with Crippen LogP contribution in [0.15, 0.2) is 20.4 Å². The van der Waals surface area contributed by atoms with Crippen LogP contribution in [0.25, 0.3) is 6.08 Å². The van der Waals surface area contributed by atoms with Gasteiger partial charge in [0.1, 0.15) is 0 Å². The predicted molar refractivity (Wildman–Crippen MR) is 50.5 cm³/mol. The van der Waals surface area contributed by atoms with Crippen molar-refractivity contribution in [1.82, 2.24) is 10.2 Å². The zero-order valence-electron chi connectivity index (χ0n) is 5.34. The molecule has 11 heavy (non-hydrogen) atoms. The largest absolute Gasteiger partial charge is 0.287 e. The van der Waals surface area contributed by atoms with Gasteiger partial charge in [0, 0.05) is 6.07 Å². The Hall–Kier alpha value is -0.420. The Bertz CT molecular complexity index is 332. The first kappa shape index (κ1) is 8.67. The molecule has 58 valence electrons. The van der Waals surface area contributed by atoms with Crippen LogP contribution in [0.3, 0.4) is 0 Å². The van der Waals surface area contributed by atoms with Crippen LogP contribution in [0.4, 0.5) is 0 Å². The van der Waals surface area contributed by atoms with Crippen LogP contribution in [-0.2, 0) is 0 Å². The summed E-state index contributed by atoms with van der Waals surface area (Å²) < 4.78 is 0.296. The van der Waals surface area contributed by atoms with Crippen LogP contribution in [0.2, 0.25) is 0 Å². The molecule has 0 aromatic carbocycles. The van der Waals surface area contributed by atoms with Crippen molar-refractivity contribution in [2.75, 3.05) is 0 Å². The highest BCUT2D eigenvalue weighted by atomic mass is 79.9. The topological polar surface area (TPSA) is 45.8 Å². The number of hydrogen-bond acceptors (Lipinski definition) is 2. The number of aromatic amines is 1. The predicted octanol–water partition coefficient (Wildman–Crippen LogP) is 1.90. The fourth-order valence-corrected chi connectivity index (χ4v) is 1.04. The van der Waals surface area contributed by atoms with E-state index in [1.54, 1.807) is 11.1 Å². The lowest BCUT2D eigenvalue weighted by Gasteiger charge is -1.90. The van der Waals surface area contributed by atoms with E-state index >= 15 is 0 Å². The Balaban J connectivity index is 3.15. The minimum Gasteiger partial charge on any atom is -0.287 e. The fourth-order valence-electron chi connectivity index (χ4n) is 0.555. The van der Waals surface area contributed by atoms with Crippen LogP contribution in [0, 0.1) is 0 Å². The smallest absolute Gasteiger partial charge is 0.215 e. The number of aromatic nitrogens is 2. The Morgan fingerprint density at radius 3 is 2.91 bits per heavy atom. The van der Waals surface area contributed by atoms with Crippen LogP contribution in [-0.4, -0.2) is 10.2 Å². The highest BCUT2D eigenvalue weighted by Gasteiger charge is 1.95.